The summed E-state index contributed by atoms with van der Waals surface area (Å²) in [5.41, 5.74) is 0.689. The Morgan fingerprint density at radius 1 is 1.31 bits per heavy atom. The first-order valence-electron chi connectivity index (χ1n) is 8.90. The molecule has 2 rings (SSSR count). The predicted octanol–water partition coefficient (Wildman–Crippen LogP) is 2.17. The van der Waals surface area contributed by atoms with Gasteiger partial charge < -0.3 is 20.1 Å². The highest BCUT2D eigenvalue weighted by Gasteiger charge is 2.37. The lowest BCUT2D eigenvalue weighted by molar-refractivity contribution is -0.145. The summed E-state index contributed by atoms with van der Waals surface area (Å²) < 4.78 is 5.13. The smallest absolute Gasteiger partial charge is 0.323 e. The monoisotopic (exact) mass is 362 g/mol. The van der Waals surface area contributed by atoms with Crippen LogP contribution in [0.25, 0.3) is 0 Å². The molecule has 0 saturated heterocycles. The third-order valence-corrected chi connectivity index (χ3v) is 4.70. The number of ketones is 1. The first-order chi connectivity index (χ1) is 12.5. The summed E-state index contributed by atoms with van der Waals surface area (Å²) in [6.45, 7) is 1.62. The molecule has 0 spiro atoms. The normalized spacial score (nSPS) is 18.1. The predicted molar refractivity (Wildman–Crippen MR) is 97.3 cm³/mol. The van der Waals surface area contributed by atoms with E-state index in [4.69, 9.17) is 9.84 Å². The maximum Gasteiger partial charge on any atom is 0.323 e. The minimum absolute atomic E-state index is 0.0574. The Morgan fingerprint density at radius 3 is 2.54 bits per heavy atom. The van der Waals surface area contributed by atoms with Crippen molar-refractivity contribution >= 4 is 23.3 Å². The zero-order valence-corrected chi connectivity index (χ0v) is 15.2. The number of carboxylic acid groups (broad SMARTS) is 1. The van der Waals surface area contributed by atoms with Crippen molar-refractivity contribution in [2.24, 2.45) is 5.92 Å². The van der Waals surface area contributed by atoms with Crippen LogP contribution < -0.4 is 10.1 Å². The molecule has 1 aromatic carbocycles. The highest BCUT2D eigenvalue weighted by molar-refractivity contribution is 5.94. The Hall–Kier alpha value is -2.57. The van der Waals surface area contributed by atoms with E-state index in [1.54, 1.807) is 38.3 Å². The number of methoxy groups -OCH3 is 1. The number of carbonyl (C=O) groups excluding carboxylic acids is 2. The van der Waals surface area contributed by atoms with Gasteiger partial charge in [-0.25, -0.2) is 0 Å². The van der Waals surface area contributed by atoms with Crippen LogP contribution in [0, 0.1) is 5.92 Å². The first kappa shape index (κ1) is 19.8. The minimum Gasteiger partial charge on any atom is -0.497 e. The van der Waals surface area contributed by atoms with Crippen molar-refractivity contribution in [3.63, 3.8) is 0 Å². The third-order valence-electron chi connectivity index (χ3n) is 4.70. The summed E-state index contributed by atoms with van der Waals surface area (Å²) in [6, 6.07) is 6.32. The maximum atomic E-state index is 13.0. The van der Waals surface area contributed by atoms with E-state index in [-0.39, 0.29) is 24.8 Å². The van der Waals surface area contributed by atoms with Gasteiger partial charge in [0.15, 0.2) is 0 Å². The molecule has 7 heteroatoms. The van der Waals surface area contributed by atoms with Crippen molar-refractivity contribution in [1.82, 2.24) is 4.90 Å². The molecule has 1 fully saturated rings. The number of nitrogens with one attached hydrogen (secondary N) is 1. The quantitative estimate of drug-likeness (QED) is 0.736. The van der Waals surface area contributed by atoms with Gasteiger partial charge >= 0.3 is 5.97 Å². The lowest BCUT2D eigenvalue weighted by atomic mass is 9.82. The molecule has 1 saturated carbocycles. The van der Waals surface area contributed by atoms with E-state index in [1.165, 1.54) is 4.90 Å². The average Bonchev–Trinajstić information content (AvgIpc) is 2.64. The summed E-state index contributed by atoms with van der Waals surface area (Å²) in [6.07, 6.45) is 2.81. The van der Waals surface area contributed by atoms with Crippen LogP contribution in [0.4, 0.5) is 5.69 Å². The van der Waals surface area contributed by atoms with Crippen molar-refractivity contribution in [3.8, 4) is 5.75 Å². The molecule has 0 bridgehead atoms. The molecule has 1 amide bonds. The van der Waals surface area contributed by atoms with E-state index < -0.39 is 17.9 Å². The molecular weight excluding hydrogens is 336 g/mol. The fourth-order valence-electron chi connectivity index (χ4n) is 3.27. The van der Waals surface area contributed by atoms with E-state index in [0.717, 1.165) is 12.8 Å². The Bertz CT molecular complexity index is 644. The zero-order valence-electron chi connectivity index (χ0n) is 15.2. The molecule has 0 unspecified atom stereocenters. The molecule has 26 heavy (non-hydrogen) atoms. The lowest BCUT2D eigenvalue weighted by Crippen LogP contribution is -2.50. The number of Topliss-reactive ketones (excluding diaryl/α,β-unsaturated/α-hetero) is 1. The molecule has 7 nitrogen and oxygen atoms in total. The molecule has 1 aromatic rings. The highest BCUT2D eigenvalue weighted by Crippen LogP contribution is 2.27. The Morgan fingerprint density at radius 2 is 2.00 bits per heavy atom. The van der Waals surface area contributed by atoms with Crippen LogP contribution in [0.3, 0.4) is 0 Å². The highest BCUT2D eigenvalue weighted by atomic mass is 16.5. The average molecular weight is 362 g/mol. The van der Waals surface area contributed by atoms with E-state index >= 15 is 0 Å². The van der Waals surface area contributed by atoms with Gasteiger partial charge in [-0.3, -0.25) is 14.4 Å². The van der Waals surface area contributed by atoms with Crippen LogP contribution in [0.15, 0.2) is 24.3 Å². The number of rotatable bonds is 8. The number of amides is 1. The molecule has 142 valence electrons. The van der Waals surface area contributed by atoms with Gasteiger partial charge in [0.05, 0.1) is 7.11 Å². The van der Waals surface area contributed by atoms with Gasteiger partial charge in [-0.2, -0.15) is 0 Å². The van der Waals surface area contributed by atoms with Crippen LogP contribution in [-0.4, -0.2) is 53.9 Å². The van der Waals surface area contributed by atoms with E-state index in [0.29, 0.717) is 24.3 Å². The zero-order chi connectivity index (χ0) is 19.1. The van der Waals surface area contributed by atoms with Crippen LogP contribution in [0.5, 0.6) is 5.75 Å². The van der Waals surface area contributed by atoms with Crippen molar-refractivity contribution in [1.29, 1.82) is 0 Å². The van der Waals surface area contributed by atoms with Gasteiger partial charge in [0.25, 0.3) is 0 Å². The molecule has 0 aliphatic heterocycles. The maximum absolute atomic E-state index is 13.0. The van der Waals surface area contributed by atoms with E-state index in [1.807, 2.05) is 0 Å². The van der Waals surface area contributed by atoms with Gasteiger partial charge in [0.1, 0.15) is 24.1 Å². The number of nitrogens with zero attached hydrogens (tertiary/aromatic N) is 1. The Labute approximate surface area is 153 Å². The molecule has 0 heterocycles. The molecule has 2 atom stereocenters. The topological polar surface area (TPSA) is 95.9 Å². The van der Waals surface area contributed by atoms with Gasteiger partial charge in [-0.05, 0) is 44.0 Å². The van der Waals surface area contributed by atoms with Crippen molar-refractivity contribution in [2.45, 2.75) is 38.6 Å². The summed E-state index contributed by atoms with van der Waals surface area (Å²) in [7, 11) is 1.57. The largest absolute Gasteiger partial charge is 0.497 e. The molecule has 1 aliphatic carbocycles. The number of hydrogen-bond donors (Lipinski definition) is 2. The third kappa shape index (κ3) is 4.97. The van der Waals surface area contributed by atoms with Crippen LogP contribution in [0.2, 0.25) is 0 Å². The van der Waals surface area contributed by atoms with E-state index in [9.17, 15) is 14.4 Å². The standard InChI is InChI=1S/C19H26N2O5/c1-3-21(12-17(23)24)19(25)18(15-6-4-5-7-16(15)22)20-13-8-10-14(26-2)11-9-13/h8-11,15,18,20H,3-7,12H2,1-2H3,(H,23,24)/t15-,18-/m0/s1. The molecule has 0 radical (unpaired) electrons. The molecule has 2 N–H and O–H groups in total. The fraction of sp³-hybridized carbons (Fsp3) is 0.526. The number of likely N-dealkylation sites (N-methyl/N-ethyl adjacent to an activating group) is 1. The SMILES string of the molecule is CCN(CC(=O)O)C(=O)[C@@H](Nc1ccc(OC)cc1)[C@H]1CCCCC1=O. The van der Waals surface area contributed by atoms with E-state index in [2.05, 4.69) is 5.32 Å². The van der Waals surface area contributed by atoms with Crippen LogP contribution in [0.1, 0.15) is 32.6 Å². The van der Waals surface area contributed by atoms with Gasteiger partial charge in [0.2, 0.25) is 5.91 Å². The van der Waals surface area contributed by atoms with Gasteiger partial charge in [-0.15, -0.1) is 0 Å². The lowest BCUT2D eigenvalue weighted by Gasteiger charge is -2.33. The minimum atomic E-state index is -1.07. The number of anilines is 1. The molecule has 0 aromatic heterocycles. The molecular formula is C19H26N2O5. The van der Waals surface area contributed by atoms with Gasteiger partial charge in [0, 0.05) is 24.6 Å². The number of hydrogen-bond acceptors (Lipinski definition) is 5. The Kier molecular flexibility index (Phi) is 7.00. The second-order valence-electron chi connectivity index (χ2n) is 6.42. The number of ether oxygens (including phenoxy) is 1. The summed E-state index contributed by atoms with van der Waals surface area (Å²) in [5.74, 6) is -1.12. The van der Waals surface area contributed by atoms with Crippen LogP contribution >= 0.6 is 0 Å². The fourth-order valence-corrected chi connectivity index (χ4v) is 3.27. The Balaban J connectivity index is 2.26. The summed E-state index contributed by atoms with van der Waals surface area (Å²) in [4.78, 5) is 37.8. The van der Waals surface area contributed by atoms with Gasteiger partial charge in [-0.1, -0.05) is 6.42 Å². The van der Waals surface area contributed by atoms with Crippen LogP contribution in [-0.2, 0) is 14.4 Å². The number of carbonyl (C=O) groups is 3. The number of carboxylic acids is 1. The van der Waals surface area contributed by atoms with Crippen molar-refractivity contribution in [3.05, 3.63) is 24.3 Å². The number of benzene rings is 1. The number of aliphatic carboxylic acids is 1. The first-order valence-corrected chi connectivity index (χ1v) is 8.90. The summed E-state index contributed by atoms with van der Waals surface area (Å²) >= 11 is 0. The molecule has 1 aliphatic rings. The summed E-state index contributed by atoms with van der Waals surface area (Å²) in [5, 5.41) is 12.2. The van der Waals surface area contributed by atoms with Crippen molar-refractivity contribution in [2.75, 3.05) is 25.5 Å². The second kappa shape index (κ2) is 9.22. The second-order valence-corrected chi connectivity index (χ2v) is 6.42. The van der Waals surface area contributed by atoms with Crippen molar-refractivity contribution < 1.29 is 24.2 Å².